The molecule has 2 aliphatic carbocycles. The maximum atomic E-state index is 12.4. The van der Waals surface area contributed by atoms with E-state index in [-0.39, 0.29) is 29.7 Å². The zero-order valence-corrected chi connectivity index (χ0v) is 14.9. The fraction of sp³-hybridized carbons (Fsp3) is 0.706. The minimum absolute atomic E-state index is 0.0609. The predicted octanol–water partition coefficient (Wildman–Crippen LogP) is 0.480. The largest absolute Gasteiger partial charge is 0.351 e. The van der Waals surface area contributed by atoms with E-state index in [2.05, 4.69) is 22.6 Å². The number of amides is 2. The molecule has 0 unspecified atom stereocenters. The molecule has 0 aromatic heterocycles. The molecule has 1 N–H and O–H groups in total. The van der Waals surface area contributed by atoms with E-state index in [4.69, 9.17) is 0 Å². The quantitative estimate of drug-likeness (QED) is 0.733. The smallest absolute Gasteiger partial charge is 0.267 e. The Morgan fingerprint density at radius 3 is 2.76 bits per heavy atom. The molecule has 7 nitrogen and oxygen atoms in total. The lowest BCUT2D eigenvalue weighted by Crippen LogP contribution is -2.44. The van der Waals surface area contributed by atoms with Crippen LogP contribution >= 0.6 is 0 Å². The van der Waals surface area contributed by atoms with Crippen molar-refractivity contribution >= 4 is 27.4 Å². The van der Waals surface area contributed by atoms with E-state index in [1.54, 1.807) is 0 Å². The van der Waals surface area contributed by atoms with Crippen LogP contribution in [0.15, 0.2) is 17.3 Å². The number of sulfone groups is 1. The van der Waals surface area contributed by atoms with Crippen LogP contribution in [0, 0.1) is 17.8 Å². The van der Waals surface area contributed by atoms with Crippen LogP contribution in [-0.2, 0) is 19.4 Å². The number of fused-ring (bicyclic) bond motifs is 2. The van der Waals surface area contributed by atoms with E-state index in [1.165, 1.54) is 11.4 Å². The summed E-state index contributed by atoms with van der Waals surface area (Å²) in [5.41, 5.74) is 0.336. The van der Waals surface area contributed by atoms with Gasteiger partial charge in [-0.1, -0.05) is 12.2 Å². The highest BCUT2D eigenvalue weighted by Gasteiger charge is 2.38. The van der Waals surface area contributed by atoms with Gasteiger partial charge in [-0.3, -0.25) is 9.59 Å². The van der Waals surface area contributed by atoms with Crippen molar-refractivity contribution in [3.05, 3.63) is 12.2 Å². The van der Waals surface area contributed by atoms with Crippen LogP contribution in [0.1, 0.15) is 32.1 Å². The van der Waals surface area contributed by atoms with Crippen LogP contribution in [0.4, 0.5) is 0 Å². The van der Waals surface area contributed by atoms with Crippen LogP contribution in [0.25, 0.3) is 0 Å². The first-order valence-electron chi connectivity index (χ1n) is 8.98. The molecule has 0 aromatic rings. The summed E-state index contributed by atoms with van der Waals surface area (Å²) < 4.78 is 23.3. The fourth-order valence-corrected chi connectivity index (χ4v) is 6.14. The summed E-state index contributed by atoms with van der Waals surface area (Å²) >= 11 is 0. The van der Waals surface area contributed by atoms with Crippen molar-refractivity contribution in [1.82, 2.24) is 10.3 Å². The predicted molar refractivity (Wildman–Crippen MR) is 92.4 cm³/mol. The molecule has 0 radical (unpaired) electrons. The Balaban J connectivity index is 1.39. The van der Waals surface area contributed by atoms with Crippen molar-refractivity contribution in [2.24, 2.45) is 22.9 Å². The van der Waals surface area contributed by atoms with Crippen molar-refractivity contribution in [2.75, 3.05) is 18.1 Å². The Kier molecular flexibility index (Phi) is 4.17. The molecule has 1 saturated carbocycles. The fourth-order valence-electron chi connectivity index (χ4n) is 4.44. The molecule has 25 heavy (non-hydrogen) atoms. The summed E-state index contributed by atoms with van der Waals surface area (Å²) in [7, 11) is -3.10. The SMILES string of the molecule is O=C(NC[C@@H]1C[C@H]2C=C[C@H]1C2)C1=NN([C@H]2CCS(=O)(=O)C2)C(=O)CC1. The van der Waals surface area contributed by atoms with Gasteiger partial charge >= 0.3 is 0 Å². The summed E-state index contributed by atoms with van der Waals surface area (Å²) in [6.45, 7) is 0.634. The topological polar surface area (TPSA) is 95.9 Å². The molecule has 2 amide bonds. The molecular weight excluding hydrogens is 342 g/mol. The summed E-state index contributed by atoms with van der Waals surface area (Å²) in [5.74, 6) is 1.31. The van der Waals surface area contributed by atoms with Gasteiger partial charge in [0, 0.05) is 19.4 Å². The zero-order valence-electron chi connectivity index (χ0n) is 14.1. The van der Waals surface area contributed by atoms with Gasteiger partial charge in [0.2, 0.25) is 5.91 Å². The maximum Gasteiger partial charge on any atom is 0.267 e. The molecule has 2 heterocycles. The maximum absolute atomic E-state index is 12.4. The number of hydrogen-bond acceptors (Lipinski definition) is 5. The standard InChI is InChI=1S/C17H23N3O4S/c21-16-4-3-15(19-20(16)14-5-6-25(23,24)10-14)17(22)18-9-13-8-11-1-2-12(13)7-11/h1-2,11-14H,3-10H2,(H,18,22)/t11-,12-,13-,14-/m0/s1. The highest BCUT2D eigenvalue weighted by molar-refractivity contribution is 7.91. The van der Waals surface area contributed by atoms with Gasteiger partial charge in [-0.05, 0) is 37.0 Å². The lowest BCUT2D eigenvalue weighted by atomic mass is 9.93. The Morgan fingerprint density at radius 1 is 1.28 bits per heavy atom. The first kappa shape index (κ1) is 16.8. The van der Waals surface area contributed by atoms with Crippen molar-refractivity contribution < 1.29 is 18.0 Å². The molecule has 2 aliphatic heterocycles. The van der Waals surface area contributed by atoms with E-state index in [0.717, 1.165) is 6.42 Å². The number of carbonyl (C=O) groups excluding carboxylic acids is 2. The second-order valence-corrected chi connectivity index (χ2v) is 9.82. The number of nitrogens with zero attached hydrogens (tertiary/aromatic N) is 2. The van der Waals surface area contributed by atoms with Crippen molar-refractivity contribution in [1.29, 1.82) is 0 Å². The number of nitrogens with one attached hydrogen (secondary N) is 1. The number of hydrogen-bond donors (Lipinski definition) is 1. The Bertz CT molecular complexity index is 758. The Hall–Kier alpha value is -1.70. The third kappa shape index (κ3) is 3.36. The van der Waals surface area contributed by atoms with Crippen LogP contribution in [0.2, 0.25) is 0 Å². The van der Waals surface area contributed by atoms with Crippen molar-refractivity contribution in [3.63, 3.8) is 0 Å². The minimum Gasteiger partial charge on any atom is -0.351 e. The summed E-state index contributed by atoms with van der Waals surface area (Å²) in [4.78, 5) is 24.5. The van der Waals surface area contributed by atoms with Gasteiger partial charge in [0.1, 0.15) is 5.71 Å². The second kappa shape index (κ2) is 6.23. The lowest BCUT2D eigenvalue weighted by molar-refractivity contribution is -0.133. The molecular formula is C17H23N3O4S. The monoisotopic (exact) mass is 365 g/mol. The average molecular weight is 365 g/mol. The molecule has 0 spiro atoms. The van der Waals surface area contributed by atoms with Crippen LogP contribution < -0.4 is 5.32 Å². The Morgan fingerprint density at radius 2 is 2.12 bits per heavy atom. The van der Waals surface area contributed by atoms with Gasteiger partial charge in [-0.25, -0.2) is 13.4 Å². The molecule has 8 heteroatoms. The minimum atomic E-state index is -3.10. The van der Waals surface area contributed by atoms with Gasteiger partial charge in [0.05, 0.1) is 17.5 Å². The molecule has 2 bridgehead atoms. The first-order chi connectivity index (χ1) is 11.9. The highest BCUT2D eigenvalue weighted by Crippen LogP contribution is 2.42. The summed E-state index contributed by atoms with van der Waals surface area (Å²) in [5, 5.41) is 8.41. The van der Waals surface area contributed by atoms with Crippen LogP contribution in [0.3, 0.4) is 0 Å². The van der Waals surface area contributed by atoms with Gasteiger partial charge in [0.15, 0.2) is 9.84 Å². The first-order valence-corrected chi connectivity index (χ1v) is 10.8. The summed E-state index contributed by atoms with van der Waals surface area (Å²) in [6.07, 6.45) is 7.76. The summed E-state index contributed by atoms with van der Waals surface area (Å²) in [6, 6.07) is -0.434. The molecule has 4 aliphatic rings. The third-order valence-electron chi connectivity index (χ3n) is 5.82. The normalized spacial score (nSPS) is 35.9. The van der Waals surface area contributed by atoms with E-state index in [9.17, 15) is 18.0 Å². The van der Waals surface area contributed by atoms with Crippen LogP contribution in [0.5, 0.6) is 0 Å². The molecule has 1 saturated heterocycles. The molecule has 4 atom stereocenters. The molecule has 4 rings (SSSR count). The lowest BCUT2D eigenvalue weighted by Gasteiger charge is -2.28. The second-order valence-electron chi connectivity index (χ2n) is 7.59. The van der Waals surface area contributed by atoms with Gasteiger partial charge in [-0.2, -0.15) is 5.10 Å². The molecule has 136 valence electrons. The van der Waals surface area contributed by atoms with E-state index >= 15 is 0 Å². The number of hydrazone groups is 1. The van der Waals surface area contributed by atoms with E-state index in [1.807, 2.05) is 0 Å². The Labute approximate surface area is 147 Å². The van der Waals surface area contributed by atoms with E-state index in [0.29, 0.717) is 42.9 Å². The van der Waals surface area contributed by atoms with Crippen LogP contribution in [-0.4, -0.2) is 55.0 Å². The third-order valence-corrected chi connectivity index (χ3v) is 7.57. The van der Waals surface area contributed by atoms with E-state index < -0.39 is 15.9 Å². The number of carbonyl (C=O) groups is 2. The average Bonchev–Trinajstić information content (AvgIpc) is 3.28. The number of allylic oxidation sites excluding steroid dienone is 2. The zero-order chi connectivity index (χ0) is 17.6. The molecule has 0 aromatic carbocycles. The number of rotatable bonds is 4. The molecule has 2 fully saturated rings. The highest BCUT2D eigenvalue weighted by atomic mass is 32.2. The van der Waals surface area contributed by atoms with Crippen molar-refractivity contribution in [2.45, 2.75) is 38.1 Å². The van der Waals surface area contributed by atoms with Crippen molar-refractivity contribution in [3.8, 4) is 0 Å². The van der Waals surface area contributed by atoms with Gasteiger partial charge in [-0.15, -0.1) is 0 Å². The van der Waals surface area contributed by atoms with Gasteiger partial charge < -0.3 is 5.32 Å². The van der Waals surface area contributed by atoms with Gasteiger partial charge in [0.25, 0.3) is 5.91 Å².